The Labute approximate surface area is 148 Å². The molecule has 2 heterocycles. The number of rotatable bonds is 4. The molecular formula is C21H22N4. The summed E-state index contributed by atoms with van der Waals surface area (Å²) in [6.07, 6.45) is 3.74. The molecule has 4 rings (SSSR count). The number of hydrogen-bond acceptors (Lipinski definition) is 4. The van der Waals surface area contributed by atoms with Crippen molar-refractivity contribution in [2.45, 2.75) is 26.3 Å². The summed E-state index contributed by atoms with van der Waals surface area (Å²) in [7, 11) is 0. The van der Waals surface area contributed by atoms with Crippen LogP contribution < -0.4 is 10.2 Å². The van der Waals surface area contributed by atoms with E-state index in [2.05, 4.69) is 75.6 Å². The van der Waals surface area contributed by atoms with E-state index in [9.17, 15) is 0 Å². The molecule has 1 aromatic heterocycles. The van der Waals surface area contributed by atoms with Gasteiger partial charge in [0.25, 0.3) is 0 Å². The molecule has 126 valence electrons. The van der Waals surface area contributed by atoms with Crippen molar-refractivity contribution in [3.05, 3.63) is 77.6 Å². The van der Waals surface area contributed by atoms with E-state index in [0.29, 0.717) is 0 Å². The minimum atomic E-state index is 0.827. The number of aromatic nitrogens is 2. The summed E-state index contributed by atoms with van der Waals surface area (Å²) in [6.45, 7) is 4.05. The van der Waals surface area contributed by atoms with Crippen LogP contribution >= 0.6 is 0 Å². The number of nitrogens with one attached hydrogen (secondary N) is 1. The highest BCUT2D eigenvalue weighted by atomic mass is 15.2. The number of fused-ring (bicyclic) bond motifs is 1. The smallest absolute Gasteiger partial charge is 0.135 e. The monoisotopic (exact) mass is 330 g/mol. The predicted octanol–water partition coefficient (Wildman–Crippen LogP) is 4.35. The minimum absolute atomic E-state index is 0.827. The van der Waals surface area contributed by atoms with Crippen molar-refractivity contribution in [1.29, 1.82) is 0 Å². The van der Waals surface area contributed by atoms with E-state index in [-0.39, 0.29) is 0 Å². The average molecular weight is 330 g/mol. The van der Waals surface area contributed by atoms with E-state index in [1.165, 1.54) is 16.7 Å². The van der Waals surface area contributed by atoms with Crippen molar-refractivity contribution in [2.24, 2.45) is 0 Å². The van der Waals surface area contributed by atoms with Crippen molar-refractivity contribution in [3.8, 4) is 0 Å². The van der Waals surface area contributed by atoms with Crippen LogP contribution in [0.15, 0.2) is 60.9 Å². The Morgan fingerprint density at radius 1 is 1.00 bits per heavy atom. The van der Waals surface area contributed by atoms with Crippen LogP contribution in [0, 0.1) is 0 Å². The Hall–Kier alpha value is -2.88. The first-order valence-corrected chi connectivity index (χ1v) is 8.81. The zero-order valence-corrected chi connectivity index (χ0v) is 14.4. The Morgan fingerprint density at radius 2 is 1.80 bits per heavy atom. The fourth-order valence-electron chi connectivity index (χ4n) is 3.25. The maximum atomic E-state index is 4.48. The maximum Gasteiger partial charge on any atom is 0.135 e. The van der Waals surface area contributed by atoms with Crippen molar-refractivity contribution < 1.29 is 0 Å². The molecule has 2 aromatic carbocycles. The Morgan fingerprint density at radius 3 is 2.60 bits per heavy atom. The second-order valence-electron chi connectivity index (χ2n) is 6.38. The van der Waals surface area contributed by atoms with Crippen LogP contribution in [0.2, 0.25) is 0 Å². The lowest BCUT2D eigenvalue weighted by atomic mass is 10.00. The van der Waals surface area contributed by atoms with Crippen LogP contribution in [0.5, 0.6) is 0 Å². The van der Waals surface area contributed by atoms with Gasteiger partial charge in [-0.1, -0.05) is 43.3 Å². The van der Waals surface area contributed by atoms with E-state index < -0.39 is 0 Å². The first-order valence-electron chi connectivity index (χ1n) is 8.81. The van der Waals surface area contributed by atoms with Gasteiger partial charge in [-0.25, -0.2) is 9.97 Å². The first kappa shape index (κ1) is 15.6. The zero-order chi connectivity index (χ0) is 17.1. The Bertz CT molecular complexity index is 858. The molecular weight excluding hydrogens is 308 g/mol. The topological polar surface area (TPSA) is 41.0 Å². The fraction of sp³-hybridized carbons (Fsp3) is 0.238. The molecule has 0 aliphatic carbocycles. The van der Waals surface area contributed by atoms with Gasteiger partial charge in [0.05, 0.1) is 0 Å². The number of anilines is 3. The Balaban J connectivity index is 1.51. The number of nitrogens with zero attached hydrogens (tertiary/aromatic N) is 3. The lowest BCUT2D eigenvalue weighted by Gasteiger charge is -2.29. The summed E-state index contributed by atoms with van der Waals surface area (Å²) in [6, 6.07) is 19.2. The maximum absolute atomic E-state index is 4.48. The van der Waals surface area contributed by atoms with E-state index in [0.717, 1.165) is 43.3 Å². The summed E-state index contributed by atoms with van der Waals surface area (Å²) < 4.78 is 0. The molecule has 0 atom stereocenters. The lowest BCUT2D eigenvalue weighted by molar-refractivity contribution is 0.719. The summed E-state index contributed by atoms with van der Waals surface area (Å²) in [5, 5.41) is 3.38. The van der Waals surface area contributed by atoms with Gasteiger partial charge in [-0.2, -0.15) is 0 Å². The number of benzene rings is 2. The van der Waals surface area contributed by atoms with Crippen LogP contribution in [0.1, 0.15) is 23.6 Å². The predicted molar refractivity (Wildman–Crippen MR) is 102 cm³/mol. The summed E-state index contributed by atoms with van der Waals surface area (Å²) in [4.78, 5) is 11.2. The van der Waals surface area contributed by atoms with Gasteiger partial charge in [0.15, 0.2) is 0 Å². The van der Waals surface area contributed by atoms with Gasteiger partial charge in [-0.15, -0.1) is 0 Å². The van der Waals surface area contributed by atoms with Crippen LogP contribution in [-0.2, 0) is 19.4 Å². The minimum Gasteiger partial charge on any atom is -0.352 e. The highest BCUT2D eigenvalue weighted by Gasteiger charge is 2.17. The molecule has 0 spiro atoms. The molecule has 4 heteroatoms. The largest absolute Gasteiger partial charge is 0.352 e. The molecule has 0 saturated heterocycles. The molecule has 1 N–H and O–H groups in total. The summed E-state index contributed by atoms with van der Waals surface area (Å²) in [5.74, 6) is 1.80. The molecule has 25 heavy (non-hydrogen) atoms. The van der Waals surface area contributed by atoms with Crippen molar-refractivity contribution in [2.75, 3.05) is 16.8 Å². The summed E-state index contributed by atoms with van der Waals surface area (Å²) in [5.41, 5.74) is 5.21. The number of aryl methyl sites for hydroxylation is 1. The van der Waals surface area contributed by atoms with Crippen LogP contribution in [-0.4, -0.2) is 16.5 Å². The van der Waals surface area contributed by atoms with E-state index in [4.69, 9.17) is 0 Å². The van der Waals surface area contributed by atoms with Gasteiger partial charge in [-0.3, -0.25) is 0 Å². The van der Waals surface area contributed by atoms with Gasteiger partial charge in [0.2, 0.25) is 0 Å². The van der Waals surface area contributed by atoms with Crippen molar-refractivity contribution in [1.82, 2.24) is 9.97 Å². The quantitative estimate of drug-likeness (QED) is 0.772. The second kappa shape index (κ2) is 6.93. The Kier molecular flexibility index (Phi) is 4.34. The van der Waals surface area contributed by atoms with Gasteiger partial charge in [0, 0.05) is 24.8 Å². The third-order valence-corrected chi connectivity index (χ3v) is 4.74. The fourth-order valence-corrected chi connectivity index (χ4v) is 3.25. The second-order valence-corrected chi connectivity index (χ2v) is 6.38. The van der Waals surface area contributed by atoms with E-state index in [1.807, 2.05) is 6.07 Å². The molecule has 0 bridgehead atoms. The van der Waals surface area contributed by atoms with Crippen molar-refractivity contribution in [3.63, 3.8) is 0 Å². The third kappa shape index (κ3) is 3.48. The average Bonchev–Trinajstić information content (AvgIpc) is 2.68. The standard InChI is InChI=1S/C21H22N4/c1-2-16-7-9-19(10-8-16)24-20-13-21(23-15-22-20)25-12-11-17-5-3-4-6-18(17)14-25/h3-10,13,15H,2,11-12,14H2,1H3,(H,22,23,24). The summed E-state index contributed by atoms with van der Waals surface area (Å²) >= 11 is 0. The third-order valence-electron chi connectivity index (χ3n) is 4.74. The molecule has 3 aromatic rings. The highest BCUT2D eigenvalue weighted by molar-refractivity contribution is 5.60. The molecule has 0 saturated carbocycles. The van der Waals surface area contributed by atoms with Gasteiger partial charge >= 0.3 is 0 Å². The van der Waals surface area contributed by atoms with Gasteiger partial charge in [-0.05, 0) is 41.7 Å². The first-order chi connectivity index (χ1) is 12.3. The van der Waals surface area contributed by atoms with Gasteiger partial charge < -0.3 is 10.2 Å². The lowest BCUT2D eigenvalue weighted by Crippen LogP contribution is -2.31. The molecule has 0 radical (unpaired) electrons. The molecule has 4 nitrogen and oxygen atoms in total. The molecule has 0 unspecified atom stereocenters. The zero-order valence-electron chi connectivity index (χ0n) is 14.4. The van der Waals surface area contributed by atoms with Crippen LogP contribution in [0.25, 0.3) is 0 Å². The molecule has 0 fully saturated rings. The van der Waals surface area contributed by atoms with E-state index in [1.54, 1.807) is 6.33 Å². The highest BCUT2D eigenvalue weighted by Crippen LogP contribution is 2.25. The van der Waals surface area contributed by atoms with E-state index >= 15 is 0 Å². The van der Waals surface area contributed by atoms with Gasteiger partial charge in [0.1, 0.15) is 18.0 Å². The number of hydrogen-bond donors (Lipinski definition) is 1. The van der Waals surface area contributed by atoms with Crippen LogP contribution in [0.3, 0.4) is 0 Å². The van der Waals surface area contributed by atoms with Crippen molar-refractivity contribution >= 4 is 17.3 Å². The molecule has 1 aliphatic rings. The normalized spacial score (nSPS) is 13.4. The van der Waals surface area contributed by atoms with Crippen LogP contribution in [0.4, 0.5) is 17.3 Å². The molecule has 0 amide bonds. The SMILES string of the molecule is CCc1ccc(Nc2cc(N3CCc4ccccc4C3)ncn2)cc1. The molecule has 1 aliphatic heterocycles.